The number of nitrogens with one attached hydrogen (secondary N) is 1. The molecule has 7 nitrogen and oxygen atoms in total. The Labute approximate surface area is 124 Å². The molecule has 114 valence electrons. The zero-order chi connectivity index (χ0) is 14.7. The first kappa shape index (κ1) is 14.2. The highest BCUT2D eigenvalue weighted by Gasteiger charge is 2.21. The van der Waals surface area contributed by atoms with Crippen molar-refractivity contribution in [2.45, 2.75) is 25.8 Å². The minimum Gasteiger partial charge on any atom is -0.383 e. The topological polar surface area (TPSA) is 67.6 Å². The van der Waals surface area contributed by atoms with Gasteiger partial charge in [0.1, 0.15) is 5.82 Å². The molecule has 0 aliphatic carbocycles. The Morgan fingerprint density at radius 1 is 1.48 bits per heavy atom. The van der Waals surface area contributed by atoms with Crippen molar-refractivity contribution < 1.29 is 4.74 Å². The van der Waals surface area contributed by atoms with Crippen LogP contribution in [0.2, 0.25) is 0 Å². The van der Waals surface area contributed by atoms with Crippen LogP contribution in [0.5, 0.6) is 0 Å². The van der Waals surface area contributed by atoms with Gasteiger partial charge in [-0.1, -0.05) is 0 Å². The van der Waals surface area contributed by atoms with E-state index in [1.165, 1.54) is 12.8 Å². The van der Waals surface area contributed by atoms with Crippen molar-refractivity contribution in [3.63, 3.8) is 0 Å². The lowest BCUT2D eigenvalue weighted by molar-refractivity contribution is 0.204. The van der Waals surface area contributed by atoms with Gasteiger partial charge in [0.15, 0.2) is 5.82 Å². The lowest BCUT2D eigenvalue weighted by Crippen LogP contribution is -2.40. The highest BCUT2D eigenvalue weighted by Crippen LogP contribution is 2.19. The van der Waals surface area contributed by atoms with E-state index in [1.54, 1.807) is 13.3 Å². The van der Waals surface area contributed by atoms with E-state index in [4.69, 9.17) is 4.74 Å². The molecule has 1 unspecified atom stereocenters. The Morgan fingerprint density at radius 3 is 3.14 bits per heavy atom. The molecule has 1 aliphatic rings. The van der Waals surface area contributed by atoms with Gasteiger partial charge in [0.05, 0.1) is 6.61 Å². The van der Waals surface area contributed by atoms with Crippen molar-refractivity contribution in [1.82, 2.24) is 24.9 Å². The fourth-order valence-electron chi connectivity index (χ4n) is 2.82. The Morgan fingerprint density at radius 2 is 2.38 bits per heavy atom. The molecule has 0 radical (unpaired) electrons. The highest BCUT2D eigenvalue weighted by atomic mass is 16.5. The van der Waals surface area contributed by atoms with Crippen LogP contribution in [0.4, 0.5) is 5.82 Å². The molecule has 3 rings (SSSR count). The van der Waals surface area contributed by atoms with Gasteiger partial charge in [0.25, 0.3) is 0 Å². The summed E-state index contributed by atoms with van der Waals surface area (Å²) < 4.78 is 7.22. The molecule has 1 aliphatic heterocycles. The smallest absolute Gasteiger partial charge is 0.203 e. The Bertz CT molecular complexity index is 592. The van der Waals surface area contributed by atoms with E-state index in [1.807, 2.05) is 17.5 Å². The maximum absolute atomic E-state index is 5.24. The average molecular weight is 290 g/mol. The number of hydrogen-bond donors (Lipinski definition) is 1. The van der Waals surface area contributed by atoms with E-state index in [-0.39, 0.29) is 0 Å². The van der Waals surface area contributed by atoms with Gasteiger partial charge in [-0.15, -0.1) is 10.2 Å². The van der Waals surface area contributed by atoms with Gasteiger partial charge in [-0.2, -0.15) is 0 Å². The van der Waals surface area contributed by atoms with Crippen LogP contribution in [0.25, 0.3) is 5.65 Å². The molecular weight excluding hydrogens is 268 g/mol. The van der Waals surface area contributed by atoms with Crippen molar-refractivity contribution in [3.8, 4) is 0 Å². The first-order valence-electron chi connectivity index (χ1n) is 7.43. The van der Waals surface area contributed by atoms with E-state index in [9.17, 15) is 0 Å². The zero-order valence-corrected chi connectivity index (χ0v) is 12.6. The number of nitrogens with zero attached hydrogens (tertiary/aromatic N) is 5. The second kappa shape index (κ2) is 6.36. The molecule has 1 atom stereocenters. The van der Waals surface area contributed by atoms with Crippen molar-refractivity contribution in [2.75, 3.05) is 38.3 Å². The Balaban J connectivity index is 1.89. The molecule has 2 aromatic heterocycles. The van der Waals surface area contributed by atoms with Crippen molar-refractivity contribution in [3.05, 3.63) is 18.2 Å². The lowest BCUT2D eigenvalue weighted by atomic mass is 10.2. The van der Waals surface area contributed by atoms with E-state index in [2.05, 4.69) is 25.4 Å². The molecule has 3 heterocycles. The first-order chi connectivity index (χ1) is 10.3. The average Bonchev–Trinajstić information content (AvgIpc) is 3.14. The molecule has 1 fully saturated rings. The number of fused-ring (bicyclic) bond motifs is 1. The molecule has 0 aromatic carbocycles. The third kappa shape index (κ3) is 2.98. The number of ether oxygens (including phenoxy) is 1. The van der Waals surface area contributed by atoms with Gasteiger partial charge in [-0.3, -0.25) is 4.40 Å². The fraction of sp³-hybridized carbons (Fsp3) is 0.643. The van der Waals surface area contributed by atoms with Crippen LogP contribution in [0.15, 0.2) is 12.4 Å². The van der Waals surface area contributed by atoms with Crippen LogP contribution in [0.3, 0.4) is 0 Å². The van der Waals surface area contributed by atoms with Crippen LogP contribution >= 0.6 is 0 Å². The highest BCUT2D eigenvalue weighted by molar-refractivity contribution is 5.63. The lowest BCUT2D eigenvalue weighted by Gasteiger charge is -2.26. The molecular formula is C14H22N6O. The summed E-state index contributed by atoms with van der Waals surface area (Å²) >= 11 is 0. The number of anilines is 1. The maximum atomic E-state index is 5.24. The van der Waals surface area contributed by atoms with E-state index < -0.39 is 0 Å². The summed E-state index contributed by atoms with van der Waals surface area (Å²) in [7, 11) is 1.72. The largest absolute Gasteiger partial charge is 0.383 e. The molecule has 2 aromatic rings. The normalized spacial score (nSPS) is 18.5. The summed E-state index contributed by atoms with van der Waals surface area (Å²) in [6.45, 7) is 5.43. The summed E-state index contributed by atoms with van der Waals surface area (Å²) in [6, 6.07) is 0.507. The van der Waals surface area contributed by atoms with Crippen LogP contribution in [0.1, 0.15) is 18.7 Å². The van der Waals surface area contributed by atoms with Gasteiger partial charge >= 0.3 is 0 Å². The zero-order valence-electron chi connectivity index (χ0n) is 12.6. The van der Waals surface area contributed by atoms with E-state index in [0.29, 0.717) is 12.6 Å². The first-order valence-corrected chi connectivity index (χ1v) is 7.43. The SMILES string of the molecule is COCCN(CC1CCCN1)c1nccn2c(C)nnc12. The molecule has 7 heteroatoms. The van der Waals surface area contributed by atoms with Gasteiger partial charge in [-0.25, -0.2) is 4.98 Å². The number of rotatable bonds is 6. The second-order valence-electron chi connectivity index (χ2n) is 5.42. The van der Waals surface area contributed by atoms with Crippen molar-refractivity contribution in [1.29, 1.82) is 0 Å². The minimum atomic E-state index is 0.507. The summed E-state index contributed by atoms with van der Waals surface area (Å²) in [4.78, 5) is 6.78. The number of aromatic nitrogens is 4. The number of hydrogen-bond acceptors (Lipinski definition) is 6. The summed E-state index contributed by atoms with van der Waals surface area (Å²) in [5.74, 6) is 1.75. The van der Waals surface area contributed by atoms with E-state index >= 15 is 0 Å². The number of methoxy groups -OCH3 is 1. The predicted octanol–water partition coefficient (Wildman–Crippen LogP) is 0.638. The van der Waals surface area contributed by atoms with Crippen LogP contribution in [-0.4, -0.2) is 59.0 Å². The van der Waals surface area contributed by atoms with E-state index in [0.717, 1.165) is 36.9 Å². The van der Waals surface area contributed by atoms with Gasteiger partial charge < -0.3 is 15.0 Å². The second-order valence-corrected chi connectivity index (χ2v) is 5.42. The minimum absolute atomic E-state index is 0.507. The van der Waals surface area contributed by atoms with Crippen LogP contribution in [-0.2, 0) is 4.74 Å². The molecule has 1 N–H and O–H groups in total. The summed E-state index contributed by atoms with van der Waals surface area (Å²) in [6.07, 6.45) is 6.15. The van der Waals surface area contributed by atoms with Crippen molar-refractivity contribution >= 4 is 11.5 Å². The fourth-order valence-corrected chi connectivity index (χ4v) is 2.82. The number of aryl methyl sites for hydroxylation is 1. The quantitative estimate of drug-likeness (QED) is 0.842. The molecule has 0 bridgehead atoms. The predicted molar refractivity (Wildman–Crippen MR) is 80.6 cm³/mol. The van der Waals surface area contributed by atoms with Gasteiger partial charge in [0.2, 0.25) is 5.65 Å². The molecule has 0 amide bonds. The molecule has 1 saturated heterocycles. The third-order valence-electron chi connectivity index (χ3n) is 3.95. The summed E-state index contributed by atoms with van der Waals surface area (Å²) in [5.41, 5.74) is 0.809. The molecule has 0 saturated carbocycles. The molecule has 0 spiro atoms. The van der Waals surface area contributed by atoms with Crippen LogP contribution in [0, 0.1) is 6.92 Å². The van der Waals surface area contributed by atoms with Gasteiger partial charge in [-0.05, 0) is 26.3 Å². The standard InChI is InChI=1S/C14H22N6O/c1-11-17-18-14-13(16-6-7-20(11)14)19(8-9-21-2)10-12-4-3-5-15-12/h6-7,12,15H,3-5,8-10H2,1-2H3. The van der Waals surface area contributed by atoms with Gasteiger partial charge in [0, 0.05) is 38.6 Å². The Hall–Kier alpha value is -1.73. The Kier molecular flexibility index (Phi) is 4.31. The summed E-state index contributed by atoms with van der Waals surface area (Å²) in [5, 5.41) is 12.0. The molecule has 21 heavy (non-hydrogen) atoms. The monoisotopic (exact) mass is 290 g/mol. The van der Waals surface area contributed by atoms with Crippen LogP contribution < -0.4 is 10.2 Å². The third-order valence-corrected chi connectivity index (χ3v) is 3.95. The maximum Gasteiger partial charge on any atom is 0.203 e. The van der Waals surface area contributed by atoms with Crippen molar-refractivity contribution in [2.24, 2.45) is 0 Å².